The van der Waals surface area contributed by atoms with Crippen LogP contribution in [0.25, 0.3) is 0 Å². The van der Waals surface area contributed by atoms with Crippen LogP contribution < -0.4 is 0 Å². The predicted molar refractivity (Wildman–Crippen MR) is 118 cm³/mol. The Morgan fingerprint density at radius 1 is 0.357 bits per heavy atom. The molecule has 0 amide bonds. The van der Waals surface area contributed by atoms with Gasteiger partial charge in [-0.05, 0) is 77.0 Å². The molecular weight excluding hydrogens is 344 g/mol. The van der Waals surface area contributed by atoms with Crippen molar-refractivity contribution in [2.75, 3.05) is 52.4 Å². The molecule has 158 valence electrons. The van der Waals surface area contributed by atoms with E-state index in [9.17, 15) is 0 Å². The standard InChI is InChI=1S/C24H42N4/c1-5-13-25(14-6-1)21-23(27-17-9-3-10-18-27)24(28-19-11-4-12-20-28)22-26-15-7-2-8-16-26/h21-22H,1-20H2. The third-order valence-electron chi connectivity index (χ3n) is 7.05. The van der Waals surface area contributed by atoms with Crippen LogP contribution in [-0.2, 0) is 0 Å². The summed E-state index contributed by atoms with van der Waals surface area (Å²) in [5.41, 5.74) is 3.07. The van der Waals surface area contributed by atoms with Crippen molar-refractivity contribution >= 4 is 0 Å². The third kappa shape index (κ3) is 5.39. The van der Waals surface area contributed by atoms with Crippen molar-refractivity contribution < 1.29 is 0 Å². The summed E-state index contributed by atoms with van der Waals surface area (Å²) in [4.78, 5) is 10.7. The Balaban J connectivity index is 1.63. The third-order valence-corrected chi connectivity index (χ3v) is 7.05. The van der Waals surface area contributed by atoms with Crippen molar-refractivity contribution in [3.05, 3.63) is 23.8 Å². The summed E-state index contributed by atoms with van der Waals surface area (Å²) >= 11 is 0. The van der Waals surface area contributed by atoms with E-state index in [2.05, 4.69) is 32.0 Å². The van der Waals surface area contributed by atoms with Gasteiger partial charge in [0.05, 0.1) is 11.4 Å². The van der Waals surface area contributed by atoms with Gasteiger partial charge in [-0.25, -0.2) is 0 Å². The van der Waals surface area contributed by atoms with E-state index in [0.29, 0.717) is 0 Å². The lowest BCUT2D eigenvalue weighted by atomic mass is 10.1. The summed E-state index contributed by atoms with van der Waals surface area (Å²) < 4.78 is 0. The van der Waals surface area contributed by atoms with E-state index in [0.717, 1.165) is 0 Å². The normalized spacial score (nSPS) is 26.0. The van der Waals surface area contributed by atoms with Crippen LogP contribution in [0.2, 0.25) is 0 Å². The molecule has 4 heterocycles. The highest BCUT2D eigenvalue weighted by atomic mass is 15.3. The zero-order valence-corrected chi connectivity index (χ0v) is 18.1. The largest absolute Gasteiger partial charge is 0.376 e. The lowest BCUT2D eigenvalue weighted by Crippen LogP contribution is -2.39. The van der Waals surface area contributed by atoms with Gasteiger partial charge in [0.1, 0.15) is 0 Å². The van der Waals surface area contributed by atoms with Crippen LogP contribution in [0.5, 0.6) is 0 Å². The van der Waals surface area contributed by atoms with Crippen LogP contribution in [0.1, 0.15) is 77.0 Å². The second-order valence-electron chi connectivity index (χ2n) is 9.32. The maximum absolute atomic E-state index is 2.72. The molecule has 4 rings (SSSR count). The number of hydrogen-bond acceptors (Lipinski definition) is 4. The molecule has 0 N–H and O–H groups in total. The summed E-state index contributed by atoms with van der Waals surface area (Å²) in [5.74, 6) is 0. The Hall–Kier alpha value is -1.32. The molecule has 4 nitrogen and oxygen atoms in total. The van der Waals surface area contributed by atoms with Crippen LogP contribution in [0.3, 0.4) is 0 Å². The van der Waals surface area contributed by atoms with E-state index < -0.39 is 0 Å². The molecule has 0 spiro atoms. The molecule has 0 bridgehead atoms. The first-order valence-corrected chi connectivity index (χ1v) is 12.3. The summed E-state index contributed by atoms with van der Waals surface area (Å²) in [6.45, 7) is 9.94. The highest BCUT2D eigenvalue weighted by Crippen LogP contribution is 2.28. The Kier molecular flexibility index (Phi) is 7.46. The summed E-state index contributed by atoms with van der Waals surface area (Å²) in [5, 5.41) is 0. The molecule has 4 aliphatic heterocycles. The van der Waals surface area contributed by atoms with Gasteiger partial charge in [-0.1, -0.05) is 0 Å². The zero-order chi connectivity index (χ0) is 19.0. The molecular formula is C24H42N4. The van der Waals surface area contributed by atoms with Crippen molar-refractivity contribution in [1.29, 1.82) is 0 Å². The van der Waals surface area contributed by atoms with E-state index in [-0.39, 0.29) is 0 Å². The van der Waals surface area contributed by atoms with Crippen LogP contribution >= 0.6 is 0 Å². The lowest BCUT2D eigenvalue weighted by molar-refractivity contribution is 0.222. The maximum Gasteiger partial charge on any atom is 0.0780 e. The number of piperidine rings is 4. The quantitative estimate of drug-likeness (QED) is 0.640. The molecule has 28 heavy (non-hydrogen) atoms. The van der Waals surface area contributed by atoms with Gasteiger partial charge in [0.15, 0.2) is 0 Å². The molecule has 0 atom stereocenters. The number of nitrogens with zero attached hydrogens (tertiary/aromatic N) is 4. The highest BCUT2D eigenvalue weighted by molar-refractivity contribution is 5.29. The average Bonchev–Trinajstić information content (AvgIpc) is 2.79. The molecule has 0 radical (unpaired) electrons. The topological polar surface area (TPSA) is 13.0 Å². The molecule has 0 aromatic heterocycles. The van der Waals surface area contributed by atoms with Gasteiger partial charge in [-0.15, -0.1) is 0 Å². The van der Waals surface area contributed by atoms with Gasteiger partial charge in [-0.3, -0.25) is 0 Å². The van der Waals surface area contributed by atoms with Gasteiger partial charge in [0.25, 0.3) is 0 Å². The maximum atomic E-state index is 2.72. The summed E-state index contributed by atoms with van der Waals surface area (Å²) in [7, 11) is 0. The Morgan fingerprint density at radius 2 is 0.643 bits per heavy atom. The Labute approximate surface area is 173 Å². The number of rotatable bonds is 5. The lowest BCUT2D eigenvalue weighted by Gasteiger charge is -2.40. The van der Waals surface area contributed by atoms with Crippen molar-refractivity contribution in [3.63, 3.8) is 0 Å². The molecule has 4 aliphatic rings. The van der Waals surface area contributed by atoms with Crippen LogP contribution in [0.15, 0.2) is 23.8 Å². The molecule has 0 saturated carbocycles. The van der Waals surface area contributed by atoms with Gasteiger partial charge in [-0.2, -0.15) is 0 Å². The first-order valence-electron chi connectivity index (χ1n) is 12.3. The van der Waals surface area contributed by atoms with Crippen LogP contribution in [0, 0.1) is 0 Å². The summed E-state index contributed by atoms with van der Waals surface area (Å²) in [6.07, 6.45) is 21.6. The van der Waals surface area contributed by atoms with Crippen molar-refractivity contribution in [2.24, 2.45) is 0 Å². The zero-order valence-electron chi connectivity index (χ0n) is 18.1. The minimum atomic E-state index is 1.24. The molecule has 4 saturated heterocycles. The fraction of sp³-hybridized carbons (Fsp3) is 0.833. The van der Waals surface area contributed by atoms with E-state index in [1.54, 1.807) is 0 Å². The number of hydrogen-bond donors (Lipinski definition) is 0. The molecule has 0 unspecified atom stereocenters. The Morgan fingerprint density at radius 3 is 0.964 bits per heavy atom. The second-order valence-corrected chi connectivity index (χ2v) is 9.32. The van der Waals surface area contributed by atoms with Gasteiger partial charge in [0, 0.05) is 64.8 Å². The Bertz CT molecular complexity index is 469. The van der Waals surface area contributed by atoms with Gasteiger partial charge < -0.3 is 19.6 Å². The smallest absolute Gasteiger partial charge is 0.0780 e. The van der Waals surface area contributed by atoms with Crippen LogP contribution in [0.4, 0.5) is 0 Å². The molecule has 0 aromatic rings. The fourth-order valence-electron chi connectivity index (χ4n) is 5.33. The first kappa shape index (κ1) is 20.0. The van der Waals surface area contributed by atoms with Crippen molar-refractivity contribution in [1.82, 2.24) is 19.6 Å². The van der Waals surface area contributed by atoms with E-state index >= 15 is 0 Å². The van der Waals surface area contributed by atoms with E-state index in [1.807, 2.05) is 0 Å². The van der Waals surface area contributed by atoms with Crippen LogP contribution in [-0.4, -0.2) is 72.0 Å². The fourth-order valence-corrected chi connectivity index (χ4v) is 5.33. The monoisotopic (exact) mass is 386 g/mol. The average molecular weight is 387 g/mol. The highest BCUT2D eigenvalue weighted by Gasteiger charge is 2.25. The number of likely N-dealkylation sites (tertiary alicyclic amines) is 4. The first-order chi connectivity index (χ1) is 13.9. The second kappa shape index (κ2) is 10.5. The SMILES string of the molecule is C(=C(C(=CN1CCCCC1)N1CCCCC1)N1CCCCC1)N1CCCCC1. The minimum absolute atomic E-state index is 1.24. The molecule has 0 aliphatic carbocycles. The van der Waals surface area contributed by atoms with Gasteiger partial charge in [0.2, 0.25) is 0 Å². The van der Waals surface area contributed by atoms with E-state index in [4.69, 9.17) is 0 Å². The summed E-state index contributed by atoms with van der Waals surface area (Å²) in [6, 6.07) is 0. The molecule has 4 fully saturated rings. The molecule has 0 aromatic carbocycles. The van der Waals surface area contributed by atoms with Crippen molar-refractivity contribution in [2.45, 2.75) is 77.0 Å². The van der Waals surface area contributed by atoms with Crippen molar-refractivity contribution in [3.8, 4) is 0 Å². The predicted octanol–water partition coefficient (Wildman–Crippen LogP) is 4.61. The van der Waals surface area contributed by atoms with Gasteiger partial charge >= 0.3 is 0 Å². The van der Waals surface area contributed by atoms with E-state index in [1.165, 1.54) is 141 Å². The molecule has 4 heteroatoms. The minimum Gasteiger partial charge on any atom is -0.376 e.